The van der Waals surface area contributed by atoms with E-state index < -0.39 is 6.03 Å². The molecule has 1 saturated heterocycles. The molecule has 1 fully saturated rings. The standard InChI is InChI=1S/C26H32N4O6/c1-4-27-24(31)14-19-9-10-21-23(36-19)15-35-22-11-8-17(13-20(22)25(32)30(21)2)29-26(33)28-16-6-5-7-18(12-16)34-3/h5-8,11-13,19,21,23H,4,9-10,14-15H2,1-3H3,(H,27,31)(H2,28,29,33)/t19-,21+,23+/m1/s1. The Morgan fingerprint density at radius 2 is 1.89 bits per heavy atom. The predicted molar refractivity (Wildman–Crippen MR) is 135 cm³/mol. The minimum absolute atomic E-state index is 0.0436. The number of nitrogens with zero attached hydrogens (tertiary/aromatic N) is 1. The first-order chi connectivity index (χ1) is 17.4. The molecule has 4 rings (SSSR count). The Bertz CT molecular complexity index is 1120. The molecule has 0 bridgehead atoms. The summed E-state index contributed by atoms with van der Waals surface area (Å²) in [4.78, 5) is 39.6. The van der Waals surface area contributed by atoms with Crippen molar-refractivity contribution in [1.82, 2.24) is 10.2 Å². The van der Waals surface area contributed by atoms with Crippen LogP contribution in [0.4, 0.5) is 16.2 Å². The topological polar surface area (TPSA) is 118 Å². The Morgan fingerprint density at radius 1 is 1.11 bits per heavy atom. The van der Waals surface area contributed by atoms with E-state index in [0.29, 0.717) is 47.8 Å². The number of rotatable bonds is 6. The number of carbonyl (C=O) groups is 3. The van der Waals surface area contributed by atoms with Crippen LogP contribution in [0.25, 0.3) is 0 Å². The highest BCUT2D eigenvalue weighted by atomic mass is 16.5. The van der Waals surface area contributed by atoms with E-state index in [0.717, 1.165) is 0 Å². The molecule has 0 spiro atoms. The number of nitrogens with one attached hydrogen (secondary N) is 3. The fraction of sp³-hybridized carbons (Fsp3) is 0.423. The molecule has 0 radical (unpaired) electrons. The fourth-order valence-electron chi connectivity index (χ4n) is 4.58. The third-order valence-corrected chi connectivity index (χ3v) is 6.38. The van der Waals surface area contributed by atoms with E-state index in [1.807, 2.05) is 6.92 Å². The normalized spacial score (nSPS) is 21.1. The molecule has 0 saturated carbocycles. The van der Waals surface area contributed by atoms with Gasteiger partial charge in [-0.25, -0.2) is 4.79 Å². The molecule has 10 nitrogen and oxygen atoms in total. The zero-order chi connectivity index (χ0) is 25.7. The fourth-order valence-corrected chi connectivity index (χ4v) is 4.58. The smallest absolute Gasteiger partial charge is 0.323 e. The van der Waals surface area contributed by atoms with E-state index in [4.69, 9.17) is 14.2 Å². The van der Waals surface area contributed by atoms with Crippen LogP contribution in [0.2, 0.25) is 0 Å². The Labute approximate surface area is 210 Å². The summed E-state index contributed by atoms with van der Waals surface area (Å²) in [6, 6.07) is 11.3. The van der Waals surface area contributed by atoms with Crippen LogP contribution in [-0.4, -0.2) is 68.3 Å². The maximum Gasteiger partial charge on any atom is 0.323 e. The van der Waals surface area contributed by atoms with Crippen LogP contribution in [0.1, 0.15) is 36.5 Å². The summed E-state index contributed by atoms with van der Waals surface area (Å²) >= 11 is 0. The summed E-state index contributed by atoms with van der Waals surface area (Å²) in [5.74, 6) is 0.777. The molecule has 10 heteroatoms. The van der Waals surface area contributed by atoms with Crippen molar-refractivity contribution < 1.29 is 28.6 Å². The van der Waals surface area contributed by atoms with Gasteiger partial charge in [0.05, 0.1) is 31.2 Å². The van der Waals surface area contributed by atoms with Crippen LogP contribution < -0.4 is 25.4 Å². The van der Waals surface area contributed by atoms with Gasteiger partial charge < -0.3 is 35.1 Å². The molecule has 192 valence electrons. The van der Waals surface area contributed by atoms with Crippen molar-refractivity contribution in [2.45, 2.75) is 44.4 Å². The Kier molecular flexibility index (Phi) is 7.94. The van der Waals surface area contributed by atoms with Crippen LogP contribution >= 0.6 is 0 Å². The third kappa shape index (κ3) is 5.88. The molecule has 2 aliphatic heterocycles. The lowest BCUT2D eigenvalue weighted by Gasteiger charge is -2.42. The molecule has 2 aromatic rings. The van der Waals surface area contributed by atoms with Crippen LogP contribution in [0.5, 0.6) is 11.5 Å². The Balaban J connectivity index is 1.44. The van der Waals surface area contributed by atoms with Crippen molar-refractivity contribution in [2.75, 3.05) is 37.9 Å². The molecule has 4 amide bonds. The molecule has 36 heavy (non-hydrogen) atoms. The van der Waals surface area contributed by atoms with E-state index in [-0.39, 0.29) is 43.1 Å². The number of hydrogen-bond donors (Lipinski definition) is 3. The molecule has 3 atom stereocenters. The second-order valence-corrected chi connectivity index (χ2v) is 8.85. The molecule has 2 aliphatic rings. The van der Waals surface area contributed by atoms with Crippen LogP contribution in [0, 0.1) is 0 Å². The van der Waals surface area contributed by atoms with Crippen LogP contribution in [0.15, 0.2) is 42.5 Å². The number of methoxy groups -OCH3 is 1. The van der Waals surface area contributed by atoms with Gasteiger partial charge in [-0.3, -0.25) is 9.59 Å². The van der Waals surface area contributed by atoms with Gasteiger partial charge >= 0.3 is 6.03 Å². The number of amides is 4. The van der Waals surface area contributed by atoms with E-state index in [9.17, 15) is 14.4 Å². The highest BCUT2D eigenvalue weighted by Gasteiger charge is 2.39. The zero-order valence-corrected chi connectivity index (χ0v) is 20.7. The molecular weight excluding hydrogens is 464 g/mol. The number of benzene rings is 2. The monoisotopic (exact) mass is 496 g/mol. The summed E-state index contributed by atoms with van der Waals surface area (Å²) in [6.45, 7) is 2.71. The van der Waals surface area contributed by atoms with E-state index >= 15 is 0 Å². The molecular formula is C26H32N4O6. The number of carbonyl (C=O) groups excluding carboxylic acids is 3. The SMILES string of the molecule is CCNC(=O)C[C@H]1CC[C@H]2[C@H](COc3ccc(NC(=O)Nc4cccc(OC)c4)cc3C(=O)N2C)O1. The average molecular weight is 497 g/mol. The summed E-state index contributed by atoms with van der Waals surface area (Å²) < 4.78 is 17.3. The van der Waals surface area contributed by atoms with Crippen molar-refractivity contribution in [3.8, 4) is 11.5 Å². The van der Waals surface area contributed by atoms with Crippen molar-refractivity contribution in [3.63, 3.8) is 0 Å². The van der Waals surface area contributed by atoms with Gasteiger partial charge in [-0.05, 0) is 50.1 Å². The molecule has 2 aromatic carbocycles. The molecule has 2 heterocycles. The maximum absolute atomic E-state index is 13.4. The summed E-state index contributed by atoms with van der Waals surface area (Å²) in [5, 5.41) is 8.31. The second kappa shape index (κ2) is 11.3. The lowest BCUT2D eigenvalue weighted by atomic mass is 9.94. The first-order valence-electron chi connectivity index (χ1n) is 12.1. The van der Waals surface area contributed by atoms with E-state index in [2.05, 4.69) is 16.0 Å². The van der Waals surface area contributed by atoms with Crippen LogP contribution in [-0.2, 0) is 9.53 Å². The summed E-state index contributed by atoms with van der Waals surface area (Å²) in [5.41, 5.74) is 1.39. The van der Waals surface area contributed by atoms with Gasteiger partial charge in [-0.1, -0.05) is 6.07 Å². The molecule has 3 N–H and O–H groups in total. The minimum atomic E-state index is -0.449. The van der Waals surface area contributed by atoms with E-state index in [1.165, 1.54) is 0 Å². The number of anilines is 2. The lowest BCUT2D eigenvalue weighted by molar-refractivity contribution is -0.133. The predicted octanol–water partition coefficient (Wildman–Crippen LogP) is 3.25. The van der Waals surface area contributed by atoms with Crippen molar-refractivity contribution in [1.29, 1.82) is 0 Å². The summed E-state index contributed by atoms with van der Waals surface area (Å²) in [7, 11) is 3.30. The average Bonchev–Trinajstić information content (AvgIpc) is 2.86. The lowest BCUT2D eigenvalue weighted by Crippen LogP contribution is -2.54. The van der Waals surface area contributed by atoms with E-state index in [1.54, 1.807) is 61.5 Å². The largest absolute Gasteiger partial charge is 0.497 e. The minimum Gasteiger partial charge on any atom is -0.497 e. The second-order valence-electron chi connectivity index (χ2n) is 8.85. The van der Waals surface area contributed by atoms with Crippen LogP contribution in [0.3, 0.4) is 0 Å². The van der Waals surface area contributed by atoms with Gasteiger partial charge in [-0.2, -0.15) is 0 Å². The summed E-state index contributed by atoms with van der Waals surface area (Å²) in [6.07, 6.45) is 1.12. The maximum atomic E-state index is 13.4. The number of fused-ring (bicyclic) bond motifs is 2. The van der Waals surface area contributed by atoms with Gasteiger partial charge in [0.2, 0.25) is 5.91 Å². The zero-order valence-electron chi connectivity index (χ0n) is 20.7. The Morgan fingerprint density at radius 3 is 2.64 bits per heavy atom. The van der Waals surface area contributed by atoms with Crippen molar-refractivity contribution >= 4 is 29.2 Å². The molecule has 0 aliphatic carbocycles. The number of hydrogen-bond acceptors (Lipinski definition) is 6. The van der Waals surface area contributed by atoms with Gasteiger partial charge in [0, 0.05) is 31.0 Å². The Hall–Kier alpha value is -3.79. The highest BCUT2D eigenvalue weighted by Crippen LogP contribution is 2.32. The van der Waals surface area contributed by atoms with Gasteiger partial charge in [0.1, 0.15) is 24.2 Å². The van der Waals surface area contributed by atoms with Gasteiger partial charge in [0.25, 0.3) is 5.91 Å². The molecule has 0 unspecified atom stereocenters. The number of likely N-dealkylation sites (N-methyl/N-ethyl adjacent to an activating group) is 1. The highest BCUT2D eigenvalue weighted by molar-refractivity contribution is 6.02. The third-order valence-electron chi connectivity index (χ3n) is 6.38. The first-order valence-corrected chi connectivity index (χ1v) is 12.1. The first kappa shape index (κ1) is 25.3. The van der Waals surface area contributed by atoms with Crippen molar-refractivity contribution in [2.24, 2.45) is 0 Å². The molecule has 0 aromatic heterocycles. The number of urea groups is 1. The van der Waals surface area contributed by atoms with Crippen molar-refractivity contribution in [3.05, 3.63) is 48.0 Å². The van der Waals surface area contributed by atoms with Gasteiger partial charge in [0.15, 0.2) is 0 Å². The quantitative estimate of drug-likeness (QED) is 0.565. The number of ether oxygens (including phenoxy) is 3. The van der Waals surface area contributed by atoms with Gasteiger partial charge in [-0.15, -0.1) is 0 Å².